The van der Waals surface area contributed by atoms with E-state index in [1.807, 2.05) is 12.1 Å². The Balaban J connectivity index is 2.27. The molecule has 0 spiro atoms. The van der Waals surface area contributed by atoms with Gasteiger partial charge in [0, 0.05) is 25.8 Å². The topological polar surface area (TPSA) is 32.5 Å². The lowest BCUT2D eigenvalue weighted by molar-refractivity contribution is 0.260. The molecule has 15 heavy (non-hydrogen) atoms. The van der Waals surface area contributed by atoms with Crippen molar-refractivity contribution in [2.24, 2.45) is 0 Å². The van der Waals surface area contributed by atoms with Gasteiger partial charge in [-0.05, 0) is 31.0 Å². The first kappa shape index (κ1) is 10.6. The molecule has 0 bridgehead atoms. The Bertz CT molecular complexity index is 354. The SMILES string of the molecule is CN1CCCCN1c1ccc(N)cc1Cl. The van der Waals surface area contributed by atoms with Crippen LogP contribution in [0, 0.1) is 0 Å². The Morgan fingerprint density at radius 1 is 1.27 bits per heavy atom. The molecule has 2 rings (SSSR count). The molecule has 1 fully saturated rings. The Kier molecular flexibility index (Phi) is 3.03. The van der Waals surface area contributed by atoms with E-state index in [4.69, 9.17) is 17.3 Å². The molecule has 4 heteroatoms. The molecule has 3 nitrogen and oxygen atoms in total. The van der Waals surface area contributed by atoms with Gasteiger partial charge in [0.2, 0.25) is 0 Å². The smallest absolute Gasteiger partial charge is 0.0709 e. The normalized spacial score (nSPS) is 18.1. The van der Waals surface area contributed by atoms with Crippen LogP contribution in [0.1, 0.15) is 12.8 Å². The third-order valence-corrected chi connectivity index (χ3v) is 3.07. The van der Waals surface area contributed by atoms with Crippen LogP contribution < -0.4 is 10.7 Å². The first-order valence-electron chi connectivity index (χ1n) is 5.22. The third-order valence-electron chi connectivity index (χ3n) is 2.76. The van der Waals surface area contributed by atoms with Crippen molar-refractivity contribution in [3.05, 3.63) is 23.2 Å². The van der Waals surface area contributed by atoms with Crippen LogP contribution in [-0.2, 0) is 0 Å². The molecule has 0 aliphatic carbocycles. The molecule has 0 saturated carbocycles. The second kappa shape index (κ2) is 4.29. The van der Waals surface area contributed by atoms with Gasteiger partial charge in [0.05, 0.1) is 10.7 Å². The van der Waals surface area contributed by atoms with Gasteiger partial charge >= 0.3 is 0 Å². The number of nitrogens with zero attached hydrogens (tertiary/aromatic N) is 2. The molecule has 82 valence electrons. The molecule has 1 aliphatic heterocycles. The molecule has 0 amide bonds. The van der Waals surface area contributed by atoms with Crippen LogP contribution in [0.2, 0.25) is 5.02 Å². The minimum Gasteiger partial charge on any atom is -0.399 e. The van der Waals surface area contributed by atoms with Crippen molar-refractivity contribution in [1.29, 1.82) is 0 Å². The second-order valence-corrected chi connectivity index (χ2v) is 4.33. The summed E-state index contributed by atoms with van der Waals surface area (Å²) in [7, 11) is 2.09. The van der Waals surface area contributed by atoms with Gasteiger partial charge in [-0.1, -0.05) is 11.6 Å². The first-order chi connectivity index (χ1) is 7.18. The van der Waals surface area contributed by atoms with Gasteiger partial charge in [0.1, 0.15) is 0 Å². The van der Waals surface area contributed by atoms with E-state index in [-0.39, 0.29) is 0 Å². The van der Waals surface area contributed by atoms with Crippen LogP contribution in [-0.4, -0.2) is 25.1 Å². The second-order valence-electron chi connectivity index (χ2n) is 3.92. The monoisotopic (exact) mass is 225 g/mol. The van der Waals surface area contributed by atoms with Crippen molar-refractivity contribution in [1.82, 2.24) is 5.01 Å². The summed E-state index contributed by atoms with van der Waals surface area (Å²) >= 11 is 6.18. The number of rotatable bonds is 1. The lowest BCUT2D eigenvalue weighted by Crippen LogP contribution is -2.44. The van der Waals surface area contributed by atoms with Gasteiger partial charge in [0.25, 0.3) is 0 Å². The molecular weight excluding hydrogens is 210 g/mol. The highest BCUT2D eigenvalue weighted by atomic mass is 35.5. The Hall–Kier alpha value is -0.930. The van der Waals surface area contributed by atoms with Gasteiger partial charge in [-0.3, -0.25) is 0 Å². The largest absolute Gasteiger partial charge is 0.399 e. The minimum atomic E-state index is 0.711. The zero-order valence-corrected chi connectivity index (χ0v) is 9.67. The summed E-state index contributed by atoms with van der Waals surface area (Å²) < 4.78 is 0. The average Bonchev–Trinajstić information content (AvgIpc) is 2.20. The van der Waals surface area contributed by atoms with E-state index in [9.17, 15) is 0 Å². The van der Waals surface area contributed by atoms with Crippen molar-refractivity contribution >= 4 is 23.0 Å². The molecule has 1 aromatic carbocycles. The van der Waals surface area contributed by atoms with E-state index in [1.54, 1.807) is 6.07 Å². The Morgan fingerprint density at radius 2 is 2.00 bits per heavy atom. The maximum Gasteiger partial charge on any atom is 0.0709 e. The third kappa shape index (κ3) is 2.19. The highest BCUT2D eigenvalue weighted by Gasteiger charge is 2.18. The Labute approximate surface area is 95.4 Å². The number of anilines is 2. The number of hydrogen-bond acceptors (Lipinski definition) is 3. The van der Waals surface area contributed by atoms with Gasteiger partial charge < -0.3 is 10.7 Å². The number of hydrogen-bond donors (Lipinski definition) is 1. The summed E-state index contributed by atoms with van der Waals surface area (Å²) in [6.45, 7) is 2.11. The van der Waals surface area contributed by atoms with Gasteiger partial charge in [-0.25, -0.2) is 5.01 Å². The van der Waals surface area contributed by atoms with Crippen LogP contribution in [0.25, 0.3) is 0 Å². The number of nitrogens with two attached hydrogens (primary N) is 1. The summed E-state index contributed by atoms with van der Waals surface area (Å²) in [5, 5.41) is 5.15. The fourth-order valence-electron chi connectivity index (χ4n) is 1.93. The number of nitrogen functional groups attached to an aromatic ring is 1. The predicted octanol–water partition coefficient (Wildman–Crippen LogP) is 2.37. The lowest BCUT2D eigenvalue weighted by atomic mass is 10.2. The average molecular weight is 226 g/mol. The van der Waals surface area contributed by atoms with E-state index in [0.717, 1.165) is 23.8 Å². The minimum absolute atomic E-state index is 0.711. The van der Waals surface area contributed by atoms with Crippen LogP contribution >= 0.6 is 11.6 Å². The molecule has 0 aromatic heterocycles. The first-order valence-corrected chi connectivity index (χ1v) is 5.60. The van der Waals surface area contributed by atoms with Crippen LogP contribution in [0.3, 0.4) is 0 Å². The molecule has 0 unspecified atom stereocenters. The zero-order valence-electron chi connectivity index (χ0n) is 8.91. The van der Waals surface area contributed by atoms with E-state index in [1.165, 1.54) is 12.8 Å². The maximum absolute atomic E-state index is 6.18. The molecular formula is C11H16ClN3. The van der Waals surface area contributed by atoms with E-state index >= 15 is 0 Å². The van der Waals surface area contributed by atoms with Crippen molar-refractivity contribution in [3.63, 3.8) is 0 Å². The van der Waals surface area contributed by atoms with Gasteiger partial charge in [-0.2, -0.15) is 0 Å². The molecule has 1 saturated heterocycles. The van der Waals surface area contributed by atoms with E-state index < -0.39 is 0 Å². The molecule has 1 aromatic rings. The summed E-state index contributed by atoms with van der Waals surface area (Å²) in [5.74, 6) is 0. The number of benzene rings is 1. The molecule has 1 aliphatic rings. The maximum atomic E-state index is 6.18. The molecule has 0 atom stereocenters. The van der Waals surface area contributed by atoms with Gasteiger partial charge in [0.15, 0.2) is 0 Å². The quantitative estimate of drug-likeness (QED) is 0.745. The van der Waals surface area contributed by atoms with Crippen LogP contribution in [0.15, 0.2) is 18.2 Å². The summed E-state index contributed by atoms with van der Waals surface area (Å²) in [6, 6.07) is 5.68. The molecule has 2 N–H and O–H groups in total. The van der Waals surface area contributed by atoms with E-state index in [2.05, 4.69) is 17.1 Å². The predicted molar refractivity (Wildman–Crippen MR) is 65.1 cm³/mol. The standard InChI is InChI=1S/C11H16ClN3/c1-14-6-2-3-7-15(14)11-5-4-9(13)8-10(11)12/h4-5,8H,2-3,6-7,13H2,1H3. The highest BCUT2D eigenvalue weighted by Crippen LogP contribution is 2.30. The fraction of sp³-hybridized carbons (Fsp3) is 0.455. The lowest BCUT2D eigenvalue weighted by Gasteiger charge is -2.38. The van der Waals surface area contributed by atoms with Crippen molar-refractivity contribution in [2.75, 3.05) is 30.9 Å². The molecule has 1 heterocycles. The zero-order chi connectivity index (χ0) is 10.8. The summed E-state index contributed by atoms with van der Waals surface area (Å²) in [6.07, 6.45) is 2.46. The summed E-state index contributed by atoms with van der Waals surface area (Å²) in [5.41, 5.74) is 7.44. The number of halogens is 1. The Morgan fingerprint density at radius 3 is 2.67 bits per heavy atom. The van der Waals surface area contributed by atoms with Gasteiger partial charge in [-0.15, -0.1) is 0 Å². The molecule has 0 radical (unpaired) electrons. The number of hydrazine groups is 1. The van der Waals surface area contributed by atoms with Crippen LogP contribution in [0.4, 0.5) is 11.4 Å². The fourth-order valence-corrected chi connectivity index (χ4v) is 2.22. The van der Waals surface area contributed by atoms with E-state index in [0.29, 0.717) is 5.69 Å². The van der Waals surface area contributed by atoms with Crippen molar-refractivity contribution < 1.29 is 0 Å². The highest BCUT2D eigenvalue weighted by molar-refractivity contribution is 6.33. The van der Waals surface area contributed by atoms with Crippen molar-refractivity contribution in [2.45, 2.75) is 12.8 Å². The summed E-state index contributed by atoms with van der Waals surface area (Å²) in [4.78, 5) is 0. The van der Waals surface area contributed by atoms with Crippen molar-refractivity contribution in [3.8, 4) is 0 Å². The van der Waals surface area contributed by atoms with Crippen LogP contribution in [0.5, 0.6) is 0 Å².